The molecule has 0 amide bonds. The second-order valence-corrected chi connectivity index (χ2v) is 5.93. The monoisotopic (exact) mass is 346 g/mol. The Balaban J connectivity index is 3.32. The van der Waals surface area contributed by atoms with Crippen LogP contribution in [-0.2, 0) is 6.18 Å². The molecule has 2 nitrogen and oxygen atoms in total. The van der Waals surface area contributed by atoms with Crippen LogP contribution in [0, 0.1) is 0 Å². The number of halogens is 5. The topological polar surface area (TPSA) is 52.0 Å². The number of rotatable bonds is 1. The van der Waals surface area contributed by atoms with E-state index in [-0.39, 0.29) is 15.1 Å². The third-order valence-corrected chi connectivity index (χ3v) is 2.71. The smallest absolute Gasteiger partial charge is 0.398 e. The van der Waals surface area contributed by atoms with Crippen molar-refractivity contribution in [2.24, 2.45) is 0 Å². The van der Waals surface area contributed by atoms with Gasteiger partial charge in [-0.3, -0.25) is 0 Å². The normalized spacial score (nSPS) is 12.1. The first-order valence-corrected chi connectivity index (χ1v) is 5.61. The third kappa shape index (κ3) is 2.78. The van der Waals surface area contributed by atoms with Gasteiger partial charge in [-0.15, -0.1) is 0 Å². The molecule has 4 N–H and O–H groups in total. The van der Waals surface area contributed by atoms with Crippen LogP contribution in [-0.4, -0.2) is 0 Å². The Kier molecular flexibility index (Phi) is 3.55. The van der Waals surface area contributed by atoms with Crippen LogP contribution in [0.25, 0.3) is 0 Å². The summed E-state index contributed by atoms with van der Waals surface area (Å²) in [5.41, 5.74) is 10.5. The highest BCUT2D eigenvalue weighted by molar-refractivity contribution is 9.24. The molecular formula is C8H7Br2F3N2. The standard InChI is InChI=1S/C8H7Br2F3N2/c9-7(10)6-4(14)1-3(2-5(6)15)8(11,12)13/h1-2,7H,14-15H2. The van der Waals surface area contributed by atoms with E-state index in [1.165, 1.54) is 0 Å². The van der Waals surface area contributed by atoms with Gasteiger partial charge in [0, 0.05) is 16.9 Å². The van der Waals surface area contributed by atoms with Crippen LogP contribution >= 0.6 is 31.9 Å². The summed E-state index contributed by atoms with van der Waals surface area (Å²) in [6.45, 7) is 0. The van der Waals surface area contributed by atoms with E-state index in [4.69, 9.17) is 11.5 Å². The molecule has 15 heavy (non-hydrogen) atoms. The number of hydrogen-bond acceptors (Lipinski definition) is 2. The minimum atomic E-state index is -4.44. The first-order valence-electron chi connectivity index (χ1n) is 3.77. The predicted molar refractivity (Wildman–Crippen MR) is 60.9 cm³/mol. The van der Waals surface area contributed by atoms with Gasteiger partial charge in [0.05, 0.1) is 9.30 Å². The number of hydrogen-bond donors (Lipinski definition) is 2. The van der Waals surface area contributed by atoms with Gasteiger partial charge >= 0.3 is 6.18 Å². The van der Waals surface area contributed by atoms with Gasteiger partial charge in [-0.25, -0.2) is 0 Å². The van der Waals surface area contributed by atoms with E-state index in [1.807, 2.05) is 0 Å². The highest BCUT2D eigenvalue weighted by atomic mass is 79.9. The average Bonchev–Trinajstić information content (AvgIpc) is 1.99. The highest BCUT2D eigenvalue weighted by Gasteiger charge is 2.32. The zero-order valence-corrected chi connectivity index (χ0v) is 10.4. The van der Waals surface area contributed by atoms with Crippen LogP contribution in [0.3, 0.4) is 0 Å². The molecular weight excluding hydrogens is 341 g/mol. The second-order valence-electron chi connectivity index (χ2n) is 2.87. The van der Waals surface area contributed by atoms with Gasteiger partial charge in [-0.05, 0) is 12.1 Å². The second kappa shape index (κ2) is 4.21. The number of anilines is 2. The first-order chi connectivity index (χ1) is 6.73. The van der Waals surface area contributed by atoms with E-state index in [0.29, 0.717) is 5.56 Å². The van der Waals surface area contributed by atoms with Gasteiger partial charge in [-0.1, -0.05) is 31.9 Å². The lowest BCUT2D eigenvalue weighted by Gasteiger charge is -2.14. The zero-order valence-electron chi connectivity index (χ0n) is 7.28. The molecule has 1 aromatic carbocycles. The third-order valence-electron chi connectivity index (χ3n) is 1.79. The molecule has 7 heteroatoms. The fourth-order valence-corrected chi connectivity index (χ4v) is 2.17. The summed E-state index contributed by atoms with van der Waals surface area (Å²) in [5, 5.41) is 0. The summed E-state index contributed by atoms with van der Waals surface area (Å²) in [6, 6.07) is 1.72. The molecule has 0 fully saturated rings. The Morgan fingerprint density at radius 1 is 1.07 bits per heavy atom. The van der Waals surface area contributed by atoms with Crippen LogP contribution in [0.2, 0.25) is 0 Å². The highest BCUT2D eigenvalue weighted by Crippen LogP contribution is 2.41. The molecule has 0 saturated heterocycles. The molecule has 1 rings (SSSR count). The summed E-state index contributed by atoms with van der Waals surface area (Å²) in [7, 11) is 0. The summed E-state index contributed by atoms with van der Waals surface area (Å²) < 4.78 is 36.7. The minimum absolute atomic E-state index is 0.000995. The molecule has 0 aliphatic carbocycles. The molecule has 0 atom stereocenters. The molecule has 0 aliphatic rings. The Morgan fingerprint density at radius 3 is 1.73 bits per heavy atom. The minimum Gasteiger partial charge on any atom is -0.398 e. The van der Waals surface area contributed by atoms with Crippen LogP contribution in [0.5, 0.6) is 0 Å². The van der Waals surface area contributed by atoms with Crippen LogP contribution in [0.4, 0.5) is 24.5 Å². The van der Waals surface area contributed by atoms with Crippen LogP contribution in [0.15, 0.2) is 12.1 Å². The van der Waals surface area contributed by atoms with E-state index in [0.717, 1.165) is 12.1 Å². The maximum Gasteiger partial charge on any atom is 0.416 e. The van der Waals surface area contributed by atoms with E-state index < -0.39 is 11.7 Å². The SMILES string of the molecule is Nc1cc(C(F)(F)F)cc(N)c1C(Br)Br. The van der Waals surface area contributed by atoms with E-state index in [9.17, 15) is 13.2 Å². The lowest BCUT2D eigenvalue weighted by Crippen LogP contribution is -2.09. The average molecular weight is 348 g/mol. The van der Waals surface area contributed by atoms with Crippen molar-refractivity contribution in [3.05, 3.63) is 23.3 Å². The van der Waals surface area contributed by atoms with Crippen LogP contribution < -0.4 is 11.5 Å². The Labute approximate surface area is 101 Å². The van der Waals surface area contributed by atoms with Gasteiger partial charge in [0.2, 0.25) is 0 Å². The number of benzene rings is 1. The van der Waals surface area contributed by atoms with Gasteiger partial charge in [0.25, 0.3) is 0 Å². The maximum atomic E-state index is 12.3. The molecule has 0 bridgehead atoms. The molecule has 1 aromatic rings. The van der Waals surface area contributed by atoms with E-state index in [2.05, 4.69) is 31.9 Å². The fraction of sp³-hybridized carbons (Fsp3) is 0.250. The van der Waals surface area contributed by atoms with Crippen molar-refractivity contribution in [2.45, 2.75) is 9.91 Å². The largest absolute Gasteiger partial charge is 0.416 e. The Morgan fingerprint density at radius 2 is 1.47 bits per heavy atom. The van der Waals surface area contributed by atoms with Crippen molar-refractivity contribution in [3.63, 3.8) is 0 Å². The maximum absolute atomic E-state index is 12.3. The number of alkyl halides is 5. The molecule has 84 valence electrons. The van der Waals surface area contributed by atoms with E-state index >= 15 is 0 Å². The van der Waals surface area contributed by atoms with Crippen molar-refractivity contribution in [3.8, 4) is 0 Å². The summed E-state index contributed by atoms with van der Waals surface area (Å²) in [4.78, 5) is 0. The van der Waals surface area contributed by atoms with Crippen LogP contribution in [0.1, 0.15) is 14.9 Å². The zero-order chi connectivity index (χ0) is 11.8. The van der Waals surface area contributed by atoms with Crippen molar-refractivity contribution < 1.29 is 13.2 Å². The van der Waals surface area contributed by atoms with Gasteiger partial charge in [0.15, 0.2) is 0 Å². The molecule has 0 unspecified atom stereocenters. The molecule has 0 spiro atoms. The fourth-order valence-electron chi connectivity index (χ4n) is 1.11. The first kappa shape index (κ1) is 12.6. The van der Waals surface area contributed by atoms with Gasteiger partial charge in [-0.2, -0.15) is 13.2 Å². The molecule has 0 saturated carbocycles. The summed E-state index contributed by atoms with van der Waals surface area (Å²) in [6.07, 6.45) is -4.44. The quantitative estimate of drug-likeness (QED) is 0.601. The Bertz CT molecular complexity index is 354. The molecule has 0 heterocycles. The van der Waals surface area contributed by atoms with Gasteiger partial charge < -0.3 is 11.5 Å². The predicted octanol–water partition coefficient (Wildman–Crippen LogP) is 3.66. The Hall–Kier alpha value is -0.430. The molecule has 0 radical (unpaired) electrons. The van der Waals surface area contributed by atoms with Crippen molar-refractivity contribution >= 4 is 43.2 Å². The lowest BCUT2D eigenvalue weighted by atomic mass is 10.1. The number of nitrogen functional groups attached to an aromatic ring is 2. The van der Waals surface area contributed by atoms with Crippen molar-refractivity contribution in [1.29, 1.82) is 0 Å². The van der Waals surface area contributed by atoms with Gasteiger partial charge in [0.1, 0.15) is 0 Å². The number of nitrogens with two attached hydrogens (primary N) is 2. The van der Waals surface area contributed by atoms with E-state index in [1.54, 1.807) is 0 Å². The summed E-state index contributed by atoms with van der Waals surface area (Å²) >= 11 is 6.27. The summed E-state index contributed by atoms with van der Waals surface area (Å²) in [5.74, 6) is 0. The molecule has 0 aromatic heterocycles. The molecule has 0 aliphatic heterocycles. The van der Waals surface area contributed by atoms with Crippen molar-refractivity contribution in [1.82, 2.24) is 0 Å². The lowest BCUT2D eigenvalue weighted by molar-refractivity contribution is -0.137. The van der Waals surface area contributed by atoms with Crippen molar-refractivity contribution in [2.75, 3.05) is 11.5 Å².